The minimum atomic E-state index is -3.82. The first kappa shape index (κ1) is 15.3. The van der Waals surface area contributed by atoms with Crippen LogP contribution in [-0.4, -0.2) is 37.2 Å². The van der Waals surface area contributed by atoms with E-state index >= 15 is 0 Å². The number of aliphatic hydroxyl groups is 1. The van der Waals surface area contributed by atoms with Crippen molar-refractivity contribution in [2.24, 2.45) is 0 Å². The molecule has 1 rings (SSSR count). The molecule has 1 atom stereocenters. The van der Waals surface area contributed by atoms with Crippen molar-refractivity contribution in [3.05, 3.63) is 27.3 Å². The van der Waals surface area contributed by atoms with E-state index in [1.165, 1.54) is 19.1 Å². The number of nitrogens with one attached hydrogen (secondary N) is 1. The van der Waals surface area contributed by atoms with Gasteiger partial charge in [0.2, 0.25) is 10.0 Å². The molecule has 100 valence electrons. The second-order valence-electron chi connectivity index (χ2n) is 3.65. The Morgan fingerprint density at radius 3 is 2.61 bits per heavy atom. The van der Waals surface area contributed by atoms with Gasteiger partial charge in [-0.1, -0.05) is 0 Å². The first-order valence-electron chi connectivity index (χ1n) is 4.94. The zero-order valence-corrected chi connectivity index (χ0v) is 12.4. The molecular formula is C10H12INO5S. The molecule has 6 nitrogen and oxygen atoms in total. The first-order chi connectivity index (χ1) is 8.27. The lowest BCUT2D eigenvalue weighted by atomic mass is 10.2. The summed E-state index contributed by atoms with van der Waals surface area (Å²) in [5, 5.41) is 17.7. The van der Waals surface area contributed by atoms with Gasteiger partial charge in [0.1, 0.15) is 0 Å². The fraction of sp³-hybridized carbons (Fsp3) is 0.300. The van der Waals surface area contributed by atoms with Crippen molar-refractivity contribution in [3.8, 4) is 0 Å². The highest BCUT2D eigenvalue weighted by Crippen LogP contribution is 2.18. The van der Waals surface area contributed by atoms with Crippen molar-refractivity contribution in [1.82, 2.24) is 4.72 Å². The summed E-state index contributed by atoms with van der Waals surface area (Å²) in [5.41, 5.74) is -0.0740. The number of sulfonamides is 1. The third kappa shape index (κ3) is 3.64. The van der Waals surface area contributed by atoms with Gasteiger partial charge in [-0.3, -0.25) is 0 Å². The molecule has 0 aromatic heterocycles. The Balaban J connectivity index is 3.18. The Labute approximate surface area is 118 Å². The van der Waals surface area contributed by atoms with Gasteiger partial charge in [0.05, 0.1) is 17.1 Å². The van der Waals surface area contributed by atoms with Gasteiger partial charge >= 0.3 is 5.97 Å². The topological polar surface area (TPSA) is 104 Å². The van der Waals surface area contributed by atoms with E-state index < -0.39 is 22.0 Å². The molecule has 0 unspecified atom stereocenters. The summed E-state index contributed by atoms with van der Waals surface area (Å²) in [6.07, 6.45) is 0. The number of hydrogen-bond acceptors (Lipinski definition) is 4. The van der Waals surface area contributed by atoms with Crippen LogP contribution in [0.4, 0.5) is 0 Å². The molecule has 0 saturated carbocycles. The standard InChI is InChI=1S/C10H12INO5S/c1-6(5-13)12-18(16,17)7-2-3-9(11)8(4-7)10(14)15/h2-4,6,12-13H,5H2,1H3,(H,14,15)/t6-/m1/s1. The van der Waals surface area contributed by atoms with Crippen molar-refractivity contribution in [3.63, 3.8) is 0 Å². The Hall–Kier alpha value is -0.710. The zero-order chi connectivity index (χ0) is 13.9. The van der Waals surface area contributed by atoms with Gasteiger partial charge in [-0.15, -0.1) is 0 Å². The summed E-state index contributed by atoms with van der Waals surface area (Å²) in [6, 6.07) is 3.20. The van der Waals surface area contributed by atoms with Gasteiger partial charge in [0, 0.05) is 9.61 Å². The quantitative estimate of drug-likeness (QED) is 0.646. The van der Waals surface area contributed by atoms with Crippen LogP contribution in [0.15, 0.2) is 23.1 Å². The van der Waals surface area contributed by atoms with Crippen LogP contribution < -0.4 is 4.72 Å². The normalized spacial score (nSPS) is 13.3. The van der Waals surface area contributed by atoms with Crippen molar-refractivity contribution >= 4 is 38.6 Å². The van der Waals surface area contributed by atoms with E-state index in [0.717, 1.165) is 6.07 Å². The Morgan fingerprint density at radius 2 is 2.11 bits per heavy atom. The second kappa shape index (κ2) is 5.95. The van der Waals surface area contributed by atoms with Gasteiger partial charge < -0.3 is 10.2 Å². The minimum absolute atomic E-state index is 0.0740. The van der Waals surface area contributed by atoms with E-state index in [0.29, 0.717) is 3.57 Å². The molecule has 1 aromatic rings. The molecule has 8 heteroatoms. The van der Waals surface area contributed by atoms with Gasteiger partial charge in [-0.25, -0.2) is 17.9 Å². The SMILES string of the molecule is C[C@H](CO)NS(=O)(=O)c1ccc(I)c(C(=O)O)c1. The van der Waals surface area contributed by atoms with Gasteiger partial charge in [0.25, 0.3) is 0 Å². The van der Waals surface area contributed by atoms with Gasteiger partial charge in [-0.05, 0) is 47.7 Å². The van der Waals surface area contributed by atoms with Gasteiger partial charge in [0.15, 0.2) is 0 Å². The van der Waals surface area contributed by atoms with E-state index in [-0.39, 0.29) is 17.1 Å². The number of benzene rings is 1. The van der Waals surface area contributed by atoms with Crippen LogP contribution in [-0.2, 0) is 10.0 Å². The molecule has 0 saturated heterocycles. The number of aromatic carboxylic acids is 1. The Kier molecular flexibility index (Phi) is 5.08. The van der Waals surface area contributed by atoms with E-state index in [1.807, 2.05) is 22.6 Å². The molecule has 0 heterocycles. The lowest BCUT2D eigenvalue weighted by Crippen LogP contribution is -2.35. The van der Waals surface area contributed by atoms with Crippen LogP contribution in [0.2, 0.25) is 0 Å². The largest absolute Gasteiger partial charge is 0.478 e. The van der Waals surface area contributed by atoms with Crippen molar-refractivity contribution < 1.29 is 23.4 Å². The van der Waals surface area contributed by atoms with Crippen LogP contribution >= 0.6 is 22.6 Å². The van der Waals surface area contributed by atoms with E-state index in [1.54, 1.807) is 0 Å². The number of halogens is 1. The summed E-state index contributed by atoms with van der Waals surface area (Å²) in [4.78, 5) is 10.8. The molecule has 1 aromatic carbocycles. The van der Waals surface area contributed by atoms with Crippen molar-refractivity contribution in [1.29, 1.82) is 0 Å². The number of hydrogen-bond donors (Lipinski definition) is 3. The highest BCUT2D eigenvalue weighted by molar-refractivity contribution is 14.1. The molecule has 0 aliphatic rings. The highest BCUT2D eigenvalue weighted by Gasteiger charge is 2.19. The lowest BCUT2D eigenvalue weighted by Gasteiger charge is -2.12. The average Bonchev–Trinajstić information content (AvgIpc) is 2.28. The summed E-state index contributed by atoms with van der Waals surface area (Å²) < 4.78 is 26.4. The van der Waals surface area contributed by atoms with Crippen molar-refractivity contribution in [2.75, 3.05) is 6.61 Å². The van der Waals surface area contributed by atoms with Crippen LogP contribution in [0.3, 0.4) is 0 Å². The molecule has 0 fully saturated rings. The minimum Gasteiger partial charge on any atom is -0.478 e. The molecule has 0 amide bonds. The monoisotopic (exact) mass is 385 g/mol. The predicted octanol–water partition coefficient (Wildman–Crippen LogP) is 0.649. The predicted molar refractivity (Wildman–Crippen MR) is 73.0 cm³/mol. The Morgan fingerprint density at radius 1 is 1.50 bits per heavy atom. The highest BCUT2D eigenvalue weighted by atomic mass is 127. The third-order valence-electron chi connectivity index (χ3n) is 2.11. The maximum atomic E-state index is 11.9. The summed E-state index contributed by atoms with van der Waals surface area (Å²) >= 11 is 1.82. The third-order valence-corrected chi connectivity index (χ3v) is 4.64. The van der Waals surface area contributed by atoms with Crippen LogP contribution in [0.1, 0.15) is 17.3 Å². The molecule has 0 bridgehead atoms. The first-order valence-corrected chi connectivity index (χ1v) is 7.50. The fourth-order valence-electron chi connectivity index (χ4n) is 1.21. The molecule has 0 radical (unpaired) electrons. The smallest absolute Gasteiger partial charge is 0.336 e. The second-order valence-corrected chi connectivity index (χ2v) is 6.53. The maximum Gasteiger partial charge on any atom is 0.336 e. The maximum absolute atomic E-state index is 11.9. The fourth-order valence-corrected chi connectivity index (χ4v) is 3.03. The number of aliphatic hydroxyl groups excluding tert-OH is 1. The number of carboxylic acids is 1. The van der Waals surface area contributed by atoms with E-state index in [4.69, 9.17) is 10.2 Å². The molecule has 0 spiro atoms. The molecule has 0 aliphatic heterocycles. The van der Waals surface area contributed by atoms with E-state index in [9.17, 15) is 13.2 Å². The molecular weight excluding hydrogens is 373 g/mol. The summed E-state index contributed by atoms with van der Waals surface area (Å²) in [6.45, 7) is 1.16. The van der Waals surface area contributed by atoms with E-state index in [2.05, 4.69) is 4.72 Å². The summed E-state index contributed by atoms with van der Waals surface area (Å²) in [7, 11) is -3.82. The molecule has 3 N–H and O–H groups in total. The number of carbonyl (C=O) groups is 1. The van der Waals surface area contributed by atoms with Crippen LogP contribution in [0.25, 0.3) is 0 Å². The zero-order valence-electron chi connectivity index (χ0n) is 9.42. The average molecular weight is 385 g/mol. The lowest BCUT2D eigenvalue weighted by molar-refractivity contribution is 0.0695. The Bertz CT molecular complexity index is 557. The number of carboxylic acid groups (broad SMARTS) is 1. The molecule has 0 aliphatic carbocycles. The number of rotatable bonds is 5. The van der Waals surface area contributed by atoms with Crippen LogP contribution in [0, 0.1) is 3.57 Å². The van der Waals surface area contributed by atoms with Gasteiger partial charge in [-0.2, -0.15) is 0 Å². The summed E-state index contributed by atoms with van der Waals surface area (Å²) in [5.74, 6) is -1.19. The van der Waals surface area contributed by atoms with Crippen molar-refractivity contribution in [2.45, 2.75) is 17.9 Å². The molecule has 18 heavy (non-hydrogen) atoms. The van der Waals surface area contributed by atoms with Crippen LogP contribution in [0.5, 0.6) is 0 Å².